The van der Waals surface area contributed by atoms with Crippen LogP contribution in [0.4, 0.5) is 5.69 Å². The first kappa shape index (κ1) is 15.0. The Bertz CT molecular complexity index is 451. The second-order valence-corrected chi connectivity index (χ2v) is 5.42. The molecule has 0 bridgehead atoms. The van der Waals surface area contributed by atoms with Gasteiger partial charge < -0.3 is 20.9 Å². The Morgan fingerprint density at radius 3 is 2.50 bits per heavy atom. The van der Waals surface area contributed by atoms with E-state index < -0.39 is 5.41 Å². The fraction of sp³-hybridized carbons (Fsp3) is 0.533. The molecule has 1 fully saturated rings. The van der Waals surface area contributed by atoms with E-state index in [1.807, 2.05) is 31.2 Å². The second-order valence-electron chi connectivity index (χ2n) is 5.42. The van der Waals surface area contributed by atoms with Gasteiger partial charge in [-0.1, -0.05) is 12.1 Å². The van der Waals surface area contributed by atoms with E-state index in [0.29, 0.717) is 26.1 Å². The van der Waals surface area contributed by atoms with E-state index in [1.165, 1.54) is 0 Å². The van der Waals surface area contributed by atoms with Crippen molar-refractivity contribution < 1.29 is 14.6 Å². The van der Waals surface area contributed by atoms with Gasteiger partial charge >= 0.3 is 0 Å². The van der Waals surface area contributed by atoms with Crippen molar-refractivity contribution >= 4 is 11.6 Å². The minimum absolute atomic E-state index is 0.0287. The average molecular weight is 278 g/mol. The molecule has 2 rings (SSSR count). The molecule has 0 spiro atoms. The van der Waals surface area contributed by atoms with Crippen LogP contribution in [-0.4, -0.2) is 30.8 Å². The van der Waals surface area contributed by atoms with Gasteiger partial charge in [0.1, 0.15) is 0 Å². The number of hydrogen-bond donors (Lipinski definition) is 3. The smallest absolute Gasteiger partial charge is 0.233 e. The SMILES string of the molecule is CC(N)c1ccc(NC(=O)C2(CO)CCOCC2)cc1. The van der Waals surface area contributed by atoms with Crippen molar-refractivity contribution in [2.24, 2.45) is 11.1 Å². The Morgan fingerprint density at radius 1 is 1.40 bits per heavy atom. The van der Waals surface area contributed by atoms with Crippen LogP contribution in [-0.2, 0) is 9.53 Å². The molecule has 1 amide bonds. The maximum atomic E-state index is 12.4. The van der Waals surface area contributed by atoms with Crippen molar-refractivity contribution in [3.05, 3.63) is 29.8 Å². The summed E-state index contributed by atoms with van der Waals surface area (Å²) in [5.41, 5.74) is 6.81. The first-order valence-corrected chi connectivity index (χ1v) is 6.93. The second kappa shape index (κ2) is 6.35. The monoisotopic (exact) mass is 278 g/mol. The third kappa shape index (κ3) is 3.17. The van der Waals surface area contributed by atoms with E-state index >= 15 is 0 Å². The summed E-state index contributed by atoms with van der Waals surface area (Å²) in [7, 11) is 0. The lowest BCUT2D eigenvalue weighted by atomic mass is 9.80. The highest BCUT2D eigenvalue weighted by Gasteiger charge is 2.39. The predicted molar refractivity (Wildman–Crippen MR) is 77.2 cm³/mol. The van der Waals surface area contributed by atoms with Gasteiger partial charge in [0.25, 0.3) is 0 Å². The van der Waals surface area contributed by atoms with Crippen LogP contribution in [0.5, 0.6) is 0 Å². The Morgan fingerprint density at radius 2 is 2.00 bits per heavy atom. The van der Waals surface area contributed by atoms with Gasteiger partial charge in [-0.05, 0) is 37.5 Å². The van der Waals surface area contributed by atoms with Crippen molar-refractivity contribution in [1.82, 2.24) is 0 Å². The number of benzene rings is 1. The number of aliphatic hydroxyl groups is 1. The third-order valence-electron chi connectivity index (χ3n) is 3.93. The number of nitrogens with one attached hydrogen (secondary N) is 1. The molecular weight excluding hydrogens is 256 g/mol. The molecule has 5 heteroatoms. The highest BCUT2D eigenvalue weighted by atomic mass is 16.5. The van der Waals surface area contributed by atoms with E-state index in [2.05, 4.69) is 5.32 Å². The molecule has 20 heavy (non-hydrogen) atoms. The Balaban J connectivity index is 2.06. The number of ether oxygens (including phenoxy) is 1. The highest BCUT2D eigenvalue weighted by Crippen LogP contribution is 2.31. The summed E-state index contributed by atoms with van der Waals surface area (Å²) < 4.78 is 5.26. The quantitative estimate of drug-likeness (QED) is 0.778. The number of amides is 1. The zero-order chi connectivity index (χ0) is 14.6. The van der Waals surface area contributed by atoms with Gasteiger partial charge in [-0.25, -0.2) is 0 Å². The Hall–Kier alpha value is -1.43. The summed E-state index contributed by atoms with van der Waals surface area (Å²) >= 11 is 0. The molecule has 1 saturated heterocycles. The zero-order valence-corrected chi connectivity index (χ0v) is 11.8. The Kier molecular flexibility index (Phi) is 4.75. The van der Waals surface area contributed by atoms with Crippen LogP contribution in [0.2, 0.25) is 0 Å². The minimum Gasteiger partial charge on any atom is -0.395 e. The first-order chi connectivity index (χ1) is 9.57. The van der Waals surface area contributed by atoms with Crippen molar-refractivity contribution in [2.75, 3.05) is 25.1 Å². The number of hydrogen-bond acceptors (Lipinski definition) is 4. The molecule has 4 N–H and O–H groups in total. The predicted octanol–water partition coefficient (Wildman–Crippen LogP) is 1.43. The molecule has 5 nitrogen and oxygen atoms in total. The number of carbonyl (C=O) groups excluding carboxylic acids is 1. The van der Waals surface area contributed by atoms with Gasteiger partial charge in [0.05, 0.1) is 12.0 Å². The summed E-state index contributed by atoms with van der Waals surface area (Å²) in [5, 5.41) is 12.4. The lowest BCUT2D eigenvalue weighted by Crippen LogP contribution is -2.43. The number of carbonyl (C=O) groups is 1. The average Bonchev–Trinajstić information content (AvgIpc) is 2.48. The molecule has 0 saturated carbocycles. The molecule has 110 valence electrons. The van der Waals surface area contributed by atoms with E-state index in [-0.39, 0.29) is 18.6 Å². The molecule has 1 heterocycles. The fourth-order valence-corrected chi connectivity index (χ4v) is 2.35. The maximum Gasteiger partial charge on any atom is 0.233 e. The lowest BCUT2D eigenvalue weighted by molar-refractivity contribution is -0.134. The van der Waals surface area contributed by atoms with Gasteiger partial charge in [-0.15, -0.1) is 0 Å². The molecule has 1 unspecified atom stereocenters. The van der Waals surface area contributed by atoms with Crippen molar-refractivity contribution in [2.45, 2.75) is 25.8 Å². The summed E-state index contributed by atoms with van der Waals surface area (Å²) in [4.78, 5) is 12.4. The lowest BCUT2D eigenvalue weighted by Gasteiger charge is -2.33. The summed E-state index contributed by atoms with van der Waals surface area (Å²) in [6, 6.07) is 7.44. The van der Waals surface area contributed by atoms with Crippen LogP contribution in [0.3, 0.4) is 0 Å². The van der Waals surface area contributed by atoms with E-state index in [0.717, 1.165) is 11.3 Å². The molecule has 1 aromatic rings. The van der Waals surface area contributed by atoms with Crippen LogP contribution in [0.1, 0.15) is 31.4 Å². The molecule has 0 aliphatic carbocycles. The van der Waals surface area contributed by atoms with Crippen LogP contribution in [0, 0.1) is 5.41 Å². The van der Waals surface area contributed by atoms with E-state index in [1.54, 1.807) is 0 Å². The fourth-order valence-electron chi connectivity index (χ4n) is 2.35. The largest absolute Gasteiger partial charge is 0.395 e. The highest BCUT2D eigenvalue weighted by molar-refractivity contribution is 5.95. The van der Waals surface area contributed by atoms with E-state index in [4.69, 9.17) is 10.5 Å². The number of nitrogens with two attached hydrogens (primary N) is 1. The van der Waals surface area contributed by atoms with Crippen LogP contribution in [0.15, 0.2) is 24.3 Å². The van der Waals surface area contributed by atoms with Crippen molar-refractivity contribution in [1.29, 1.82) is 0 Å². The summed E-state index contributed by atoms with van der Waals surface area (Å²) in [5.74, 6) is -0.142. The molecule has 0 radical (unpaired) electrons. The topological polar surface area (TPSA) is 84.6 Å². The standard InChI is InChI=1S/C15H22N2O3/c1-11(16)12-2-4-13(5-3-12)17-14(19)15(10-18)6-8-20-9-7-15/h2-5,11,18H,6-10,16H2,1H3,(H,17,19). The molecule has 0 aromatic heterocycles. The maximum absolute atomic E-state index is 12.4. The van der Waals surface area contributed by atoms with E-state index in [9.17, 15) is 9.90 Å². The van der Waals surface area contributed by atoms with Crippen LogP contribution in [0.25, 0.3) is 0 Å². The minimum atomic E-state index is -0.724. The third-order valence-corrected chi connectivity index (χ3v) is 3.93. The van der Waals surface area contributed by atoms with Gasteiger partial charge in [-0.2, -0.15) is 0 Å². The normalized spacial score (nSPS) is 19.4. The zero-order valence-electron chi connectivity index (χ0n) is 11.8. The molecule has 1 atom stereocenters. The molecular formula is C15H22N2O3. The van der Waals surface area contributed by atoms with Gasteiger partial charge in [-0.3, -0.25) is 4.79 Å². The van der Waals surface area contributed by atoms with Gasteiger partial charge in [0.2, 0.25) is 5.91 Å². The number of anilines is 1. The van der Waals surface area contributed by atoms with Crippen LogP contribution < -0.4 is 11.1 Å². The molecule has 1 aliphatic heterocycles. The summed E-state index contributed by atoms with van der Waals surface area (Å²) in [6.45, 7) is 2.78. The van der Waals surface area contributed by atoms with Crippen molar-refractivity contribution in [3.63, 3.8) is 0 Å². The van der Waals surface area contributed by atoms with Gasteiger partial charge in [0, 0.05) is 24.9 Å². The molecule has 1 aliphatic rings. The number of rotatable bonds is 4. The number of aliphatic hydroxyl groups excluding tert-OH is 1. The Labute approximate surface area is 119 Å². The van der Waals surface area contributed by atoms with Crippen LogP contribution >= 0.6 is 0 Å². The summed E-state index contributed by atoms with van der Waals surface area (Å²) in [6.07, 6.45) is 1.10. The van der Waals surface area contributed by atoms with Crippen molar-refractivity contribution in [3.8, 4) is 0 Å². The van der Waals surface area contributed by atoms with Gasteiger partial charge in [0.15, 0.2) is 0 Å². The molecule has 1 aromatic carbocycles. The first-order valence-electron chi connectivity index (χ1n) is 6.93.